The number of hydrogen-bond donors (Lipinski definition) is 0. The highest BCUT2D eigenvalue weighted by Crippen LogP contribution is 2.17. The number of carbonyl (C=O) groups is 1. The van der Waals surface area contributed by atoms with Gasteiger partial charge in [0.25, 0.3) is 0 Å². The fourth-order valence-electron chi connectivity index (χ4n) is 2.71. The summed E-state index contributed by atoms with van der Waals surface area (Å²) in [5, 5.41) is 0. The summed E-state index contributed by atoms with van der Waals surface area (Å²) in [5.74, 6) is 0.407. The molecule has 0 aromatic heterocycles. The number of benzene rings is 2. The van der Waals surface area contributed by atoms with Crippen LogP contribution in [0.2, 0.25) is 0 Å². The zero-order valence-corrected chi connectivity index (χ0v) is 17.3. The molecule has 28 heavy (non-hydrogen) atoms. The Morgan fingerprint density at radius 1 is 1.04 bits per heavy atom. The third-order valence-electron chi connectivity index (χ3n) is 3.79. The maximum atomic E-state index is 12.7. The van der Waals surface area contributed by atoms with Gasteiger partial charge in [-0.25, -0.2) is 0 Å². The van der Waals surface area contributed by atoms with Gasteiger partial charge in [0.1, 0.15) is 12.4 Å². The van der Waals surface area contributed by atoms with E-state index in [1.807, 2.05) is 50.2 Å². The highest BCUT2D eigenvalue weighted by atomic mass is 32.2. The molecule has 7 heteroatoms. The highest BCUT2D eigenvalue weighted by Gasteiger charge is 2.16. The van der Waals surface area contributed by atoms with Crippen molar-refractivity contribution in [2.75, 3.05) is 19.4 Å². The minimum absolute atomic E-state index is 0.0128. The van der Waals surface area contributed by atoms with Crippen LogP contribution in [0.15, 0.2) is 54.6 Å². The molecule has 0 aliphatic heterocycles. The van der Waals surface area contributed by atoms with Crippen molar-refractivity contribution < 1.29 is 22.1 Å². The highest BCUT2D eigenvalue weighted by molar-refractivity contribution is 7.86. The summed E-state index contributed by atoms with van der Waals surface area (Å²) in [6.45, 7) is 5.36. The van der Waals surface area contributed by atoms with Crippen LogP contribution in [0.25, 0.3) is 0 Å². The Morgan fingerprint density at radius 2 is 1.71 bits per heavy atom. The van der Waals surface area contributed by atoms with Gasteiger partial charge >= 0.3 is 10.1 Å². The third kappa shape index (κ3) is 8.10. The zero-order valence-electron chi connectivity index (χ0n) is 16.5. The molecule has 0 unspecified atom stereocenters. The molecule has 0 fully saturated rings. The van der Waals surface area contributed by atoms with Gasteiger partial charge in [0.15, 0.2) is 0 Å². The van der Waals surface area contributed by atoms with Crippen molar-refractivity contribution in [2.45, 2.75) is 27.0 Å². The lowest BCUT2D eigenvalue weighted by atomic mass is 10.1. The first-order valence-corrected chi connectivity index (χ1v) is 10.9. The molecule has 2 aromatic carbocycles. The maximum Gasteiger partial charge on any atom is 0.306 e. The largest absolute Gasteiger partial charge is 0.383 e. The minimum Gasteiger partial charge on any atom is -0.383 e. The van der Waals surface area contributed by atoms with Crippen LogP contribution in [0.3, 0.4) is 0 Å². The number of nitrogens with zero attached hydrogens (tertiary/aromatic N) is 1. The monoisotopic (exact) mass is 405 g/mol. The number of amides is 1. The van der Waals surface area contributed by atoms with Crippen LogP contribution in [0.1, 0.15) is 25.0 Å². The molecular formula is C21H27NO5S. The van der Waals surface area contributed by atoms with E-state index in [1.54, 1.807) is 23.1 Å². The second-order valence-electron chi connectivity index (χ2n) is 7.08. The number of rotatable bonds is 10. The van der Waals surface area contributed by atoms with Crippen LogP contribution in [-0.4, -0.2) is 38.6 Å². The third-order valence-corrected chi connectivity index (χ3v) is 4.29. The van der Waals surface area contributed by atoms with E-state index >= 15 is 0 Å². The van der Waals surface area contributed by atoms with Crippen LogP contribution in [0, 0.1) is 5.92 Å². The van der Waals surface area contributed by atoms with Gasteiger partial charge in [-0.15, -0.1) is 0 Å². The van der Waals surface area contributed by atoms with Crippen molar-refractivity contribution >= 4 is 16.0 Å². The molecular weight excluding hydrogens is 378 g/mol. The molecule has 1 amide bonds. The molecule has 0 atom stereocenters. The predicted molar refractivity (Wildman–Crippen MR) is 108 cm³/mol. The van der Waals surface area contributed by atoms with Crippen molar-refractivity contribution in [3.8, 4) is 5.75 Å². The first-order chi connectivity index (χ1) is 13.2. The second kappa shape index (κ2) is 10.2. The minimum atomic E-state index is -3.60. The normalized spacial score (nSPS) is 11.4. The van der Waals surface area contributed by atoms with E-state index in [0.717, 1.165) is 17.4 Å². The van der Waals surface area contributed by atoms with Gasteiger partial charge in [0.2, 0.25) is 5.91 Å². The van der Waals surface area contributed by atoms with Gasteiger partial charge in [0, 0.05) is 13.1 Å². The summed E-state index contributed by atoms with van der Waals surface area (Å²) in [6, 6.07) is 16.4. The summed E-state index contributed by atoms with van der Waals surface area (Å²) in [6.07, 6.45) is 0.998. The van der Waals surface area contributed by atoms with Gasteiger partial charge in [-0.1, -0.05) is 56.3 Å². The number of hydrogen-bond acceptors (Lipinski definition) is 5. The molecule has 152 valence electrons. The van der Waals surface area contributed by atoms with Gasteiger partial charge in [-0.05, 0) is 29.2 Å². The molecule has 0 spiro atoms. The lowest BCUT2D eigenvalue weighted by Crippen LogP contribution is -2.36. The molecule has 0 aliphatic rings. The maximum absolute atomic E-state index is 12.7. The second-order valence-corrected chi connectivity index (χ2v) is 8.66. The van der Waals surface area contributed by atoms with E-state index in [9.17, 15) is 13.2 Å². The Morgan fingerprint density at radius 3 is 2.36 bits per heavy atom. The zero-order chi connectivity index (χ0) is 20.6. The molecule has 0 N–H and O–H groups in total. The Kier molecular flexibility index (Phi) is 8.02. The van der Waals surface area contributed by atoms with Crippen LogP contribution in [-0.2, 0) is 32.8 Å². The Labute approximate surface area is 167 Å². The van der Waals surface area contributed by atoms with Crippen molar-refractivity contribution in [1.29, 1.82) is 0 Å². The molecule has 2 rings (SSSR count). The smallest absolute Gasteiger partial charge is 0.306 e. The number of ether oxygens (including phenoxy) is 1. The summed E-state index contributed by atoms with van der Waals surface area (Å²) in [4.78, 5) is 14.4. The van der Waals surface area contributed by atoms with Crippen LogP contribution in [0.5, 0.6) is 5.75 Å². The summed E-state index contributed by atoms with van der Waals surface area (Å²) in [5.41, 5.74) is 1.80. The lowest BCUT2D eigenvalue weighted by Gasteiger charge is -2.25. The summed E-state index contributed by atoms with van der Waals surface area (Å²) in [7, 11) is -3.60. The Hall–Kier alpha value is -2.38. The first kappa shape index (κ1) is 21.9. The molecule has 0 saturated carbocycles. The molecule has 2 aromatic rings. The van der Waals surface area contributed by atoms with Gasteiger partial charge < -0.3 is 13.8 Å². The van der Waals surface area contributed by atoms with Crippen molar-refractivity contribution in [3.05, 3.63) is 65.7 Å². The van der Waals surface area contributed by atoms with Gasteiger partial charge in [0.05, 0.1) is 12.9 Å². The van der Waals surface area contributed by atoms with E-state index in [-0.39, 0.29) is 24.2 Å². The summed E-state index contributed by atoms with van der Waals surface area (Å²) < 4.78 is 33.1. The van der Waals surface area contributed by atoms with E-state index in [1.165, 1.54) is 0 Å². The predicted octanol–water partition coefficient (Wildman–Crippen LogP) is 3.23. The van der Waals surface area contributed by atoms with Crippen LogP contribution < -0.4 is 4.18 Å². The Bertz CT molecular complexity index is 865. The average Bonchev–Trinajstić information content (AvgIpc) is 2.60. The van der Waals surface area contributed by atoms with Crippen LogP contribution in [0.4, 0.5) is 0 Å². The van der Waals surface area contributed by atoms with Gasteiger partial charge in [-0.2, -0.15) is 8.42 Å². The molecule has 0 heterocycles. The van der Waals surface area contributed by atoms with E-state index in [4.69, 9.17) is 8.92 Å². The van der Waals surface area contributed by atoms with E-state index < -0.39 is 10.1 Å². The standard InChI is InChI=1S/C21H27NO5S/c1-17(2)13-22(21(23)16-26-15-18-8-5-4-6-9-18)14-19-10-7-11-20(12-19)27-28(3,24)25/h4-12,17H,13-16H2,1-3H3. The molecule has 0 saturated heterocycles. The SMILES string of the molecule is CC(C)CN(Cc1cccc(OS(C)(=O)=O)c1)C(=O)COCc1ccccc1. The Balaban J connectivity index is 2.00. The molecule has 0 aliphatic carbocycles. The van der Waals surface area contributed by atoms with Crippen molar-refractivity contribution in [2.24, 2.45) is 5.92 Å². The van der Waals surface area contributed by atoms with E-state index in [2.05, 4.69) is 0 Å². The molecule has 0 bridgehead atoms. The molecule has 6 nitrogen and oxygen atoms in total. The van der Waals surface area contributed by atoms with Crippen molar-refractivity contribution in [3.63, 3.8) is 0 Å². The van der Waals surface area contributed by atoms with E-state index in [0.29, 0.717) is 19.7 Å². The topological polar surface area (TPSA) is 72.9 Å². The quantitative estimate of drug-likeness (QED) is 0.568. The fraction of sp³-hybridized carbons (Fsp3) is 0.381. The van der Waals surface area contributed by atoms with Crippen LogP contribution >= 0.6 is 0 Å². The fourth-order valence-corrected chi connectivity index (χ4v) is 3.16. The van der Waals surface area contributed by atoms with Gasteiger partial charge in [-0.3, -0.25) is 4.79 Å². The molecule has 0 radical (unpaired) electrons. The average molecular weight is 406 g/mol. The summed E-state index contributed by atoms with van der Waals surface area (Å²) >= 11 is 0. The number of carbonyl (C=O) groups excluding carboxylic acids is 1. The lowest BCUT2D eigenvalue weighted by molar-refractivity contribution is -0.137. The first-order valence-electron chi connectivity index (χ1n) is 9.11. The van der Waals surface area contributed by atoms with Crippen molar-refractivity contribution in [1.82, 2.24) is 4.90 Å².